The van der Waals surface area contributed by atoms with E-state index in [9.17, 15) is 4.79 Å². The first-order valence-electron chi connectivity index (χ1n) is 14.0. The Balaban J connectivity index is 0.000000757. The number of amides is 1. The van der Waals surface area contributed by atoms with Gasteiger partial charge in [0.15, 0.2) is 0 Å². The second-order valence-corrected chi connectivity index (χ2v) is 9.66. The monoisotopic (exact) mass is 507 g/mol. The fourth-order valence-corrected chi connectivity index (χ4v) is 3.96. The lowest BCUT2D eigenvalue weighted by Gasteiger charge is -2.14. The summed E-state index contributed by atoms with van der Waals surface area (Å²) in [6.45, 7) is 23.9. The quantitative estimate of drug-likeness (QED) is 0.108. The molecule has 1 aromatic rings. The van der Waals surface area contributed by atoms with Gasteiger partial charge in [0.1, 0.15) is 0 Å². The van der Waals surface area contributed by atoms with Crippen LogP contribution in [0.15, 0.2) is 77.5 Å². The van der Waals surface area contributed by atoms with Crippen molar-refractivity contribution in [3.8, 4) is 0 Å². The van der Waals surface area contributed by atoms with E-state index in [0.29, 0.717) is 6.54 Å². The molecule has 206 valence electrons. The molecule has 4 nitrogen and oxygen atoms in total. The van der Waals surface area contributed by atoms with Crippen LogP contribution in [0.5, 0.6) is 0 Å². The number of benzene rings is 1. The van der Waals surface area contributed by atoms with Crippen molar-refractivity contribution in [2.45, 2.75) is 100.0 Å². The maximum atomic E-state index is 11.8. The standard InChI is InChI=1S/C20H26N2.C13H27NO/c1-7-11-20(19(8-2)15(3)4)22-17(6)21-14-18-13-10-9-12-16(18)5;1-4-7-8-11-14-13(15)12(9-5-2)10-6-3/h7-13H,1-2,14H2,3-6H3,(H,21,22);12H,4-11H2,1-3H3,(H,14,15)/b20-11+;. The van der Waals surface area contributed by atoms with Crippen LogP contribution in [0.25, 0.3) is 0 Å². The number of nitrogens with zero attached hydrogens (tertiary/aromatic N) is 1. The van der Waals surface area contributed by atoms with Crippen LogP contribution in [0.1, 0.15) is 97.6 Å². The molecule has 37 heavy (non-hydrogen) atoms. The van der Waals surface area contributed by atoms with Crippen LogP contribution >= 0.6 is 0 Å². The van der Waals surface area contributed by atoms with Gasteiger partial charge in [-0.3, -0.25) is 9.79 Å². The van der Waals surface area contributed by atoms with Crippen LogP contribution in [-0.4, -0.2) is 18.3 Å². The van der Waals surface area contributed by atoms with E-state index in [1.807, 2.05) is 31.2 Å². The van der Waals surface area contributed by atoms with Crippen molar-refractivity contribution < 1.29 is 4.79 Å². The van der Waals surface area contributed by atoms with Crippen molar-refractivity contribution in [1.82, 2.24) is 10.6 Å². The normalized spacial score (nSPS) is 11.4. The molecule has 0 saturated heterocycles. The summed E-state index contributed by atoms with van der Waals surface area (Å²) in [6, 6.07) is 8.31. The molecule has 4 heteroatoms. The lowest BCUT2D eigenvalue weighted by molar-refractivity contribution is -0.125. The number of aliphatic imine (C=N–C) groups is 1. The van der Waals surface area contributed by atoms with Gasteiger partial charge in [-0.1, -0.05) is 102 Å². The minimum atomic E-state index is 0.252. The number of carbonyl (C=O) groups is 1. The van der Waals surface area contributed by atoms with Gasteiger partial charge in [-0.15, -0.1) is 0 Å². The Labute approximate surface area is 228 Å². The van der Waals surface area contributed by atoms with Gasteiger partial charge in [0.05, 0.1) is 12.4 Å². The summed E-state index contributed by atoms with van der Waals surface area (Å²) < 4.78 is 0. The van der Waals surface area contributed by atoms with E-state index >= 15 is 0 Å². The number of aryl methyl sites for hydroxylation is 1. The fourth-order valence-electron chi connectivity index (χ4n) is 3.96. The third-order valence-electron chi connectivity index (χ3n) is 6.11. The highest BCUT2D eigenvalue weighted by Crippen LogP contribution is 2.15. The molecule has 0 saturated carbocycles. The Kier molecular flexibility index (Phi) is 19.6. The van der Waals surface area contributed by atoms with Crippen LogP contribution in [0, 0.1) is 12.8 Å². The number of allylic oxidation sites excluding steroid dienone is 4. The minimum Gasteiger partial charge on any atom is -0.356 e. The molecule has 1 aromatic carbocycles. The molecule has 0 bridgehead atoms. The first-order chi connectivity index (χ1) is 17.7. The summed E-state index contributed by atoms with van der Waals surface area (Å²) >= 11 is 0. The summed E-state index contributed by atoms with van der Waals surface area (Å²) in [5.41, 5.74) is 5.74. The molecule has 0 spiro atoms. The van der Waals surface area contributed by atoms with E-state index in [0.717, 1.165) is 55.8 Å². The van der Waals surface area contributed by atoms with Gasteiger partial charge in [-0.05, 0) is 69.7 Å². The van der Waals surface area contributed by atoms with E-state index in [1.165, 1.54) is 29.5 Å². The van der Waals surface area contributed by atoms with Gasteiger partial charge in [0, 0.05) is 18.2 Å². The van der Waals surface area contributed by atoms with Crippen molar-refractivity contribution in [3.63, 3.8) is 0 Å². The molecule has 0 heterocycles. The van der Waals surface area contributed by atoms with E-state index in [-0.39, 0.29) is 11.8 Å². The van der Waals surface area contributed by atoms with Crippen LogP contribution < -0.4 is 10.6 Å². The summed E-state index contributed by atoms with van der Waals surface area (Å²) in [4.78, 5) is 16.4. The molecule has 0 atom stereocenters. The van der Waals surface area contributed by atoms with Gasteiger partial charge >= 0.3 is 0 Å². The maximum Gasteiger partial charge on any atom is 0.223 e. The molecule has 0 aliphatic carbocycles. The summed E-state index contributed by atoms with van der Waals surface area (Å²) in [6.07, 6.45) is 13.4. The number of hydrogen-bond donors (Lipinski definition) is 2. The largest absolute Gasteiger partial charge is 0.356 e. The van der Waals surface area contributed by atoms with Gasteiger partial charge in [-0.25, -0.2) is 0 Å². The van der Waals surface area contributed by atoms with Crippen LogP contribution in [0.4, 0.5) is 0 Å². The lowest BCUT2D eigenvalue weighted by atomic mass is 9.97. The Morgan fingerprint density at radius 1 is 1.00 bits per heavy atom. The Morgan fingerprint density at radius 2 is 1.65 bits per heavy atom. The number of nitrogens with one attached hydrogen (secondary N) is 2. The first-order valence-corrected chi connectivity index (χ1v) is 14.0. The molecular weight excluding hydrogens is 454 g/mol. The van der Waals surface area contributed by atoms with E-state index in [1.54, 1.807) is 6.08 Å². The second kappa shape index (κ2) is 21.2. The lowest BCUT2D eigenvalue weighted by Crippen LogP contribution is -2.31. The van der Waals surface area contributed by atoms with Crippen molar-refractivity contribution in [2.24, 2.45) is 10.9 Å². The zero-order valence-electron chi connectivity index (χ0n) is 24.8. The molecule has 1 amide bonds. The minimum absolute atomic E-state index is 0.252. The predicted octanol–water partition coefficient (Wildman–Crippen LogP) is 8.60. The summed E-state index contributed by atoms with van der Waals surface area (Å²) in [7, 11) is 0. The molecule has 0 fully saturated rings. The van der Waals surface area contributed by atoms with E-state index in [2.05, 4.69) is 82.5 Å². The smallest absolute Gasteiger partial charge is 0.223 e. The average Bonchev–Trinajstić information content (AvgIpc) is 2.86. The zero-order chi connectivity index (χ0) is 28.1. The fraction of sp³-hybridized carbons (Fsp3) is 0.515. The highest BCUT2D eigenvalue weighted by molar-refractivity contribution is 5.82. The SMILES string of the molecule is C=C/C=C(/NC(C)=NCc1ccccc1C)C(C=C)=C(C)C.CCCCCNC(=O)C(CCC)CCC. The van der Waals surface area contributed by atoms with Crippen molar-refractivity contribution in [2.75, 3.05) is 6.54 Å². The van der Waals surface area contributed by atoms with Gasteiger partial charge in [0.2, 0.25) is 5.91 Å². The van der Waals surface area contributed by atoms with Gasteiger partial charge in [0.25, 0.3) is 0 Å². The molecule has 0 aliphatic heterocycles. The third-order valence-corrected chi connectivity index (χ3v) is 6.11. The van der Waals surface area contributed by atoms with E-state index in [4.69, 9.17) is 0 Å². The van der Waals surface area contributed by atoms with E-state index < -0.39 is 0 Å². The van der Waals surface area contributed by atoms with Crippen molar-refractivity contribution >= 4 is 11.7 Å². The summed E-state index contributed by atoms with van der Waals surface area (Å²) in [5, 5.41) is 6.40. The first kappa shape index (κ1) is 34.1. The number of hydrogen-bond acceptors (Lipinski definition) is 2. The number of rotatable bonds is 15. The maximum absolute atomic E-state index is 11.8. The second-order valence-electron chi connectivity index (χ2n) is 9.66. The number of carbonyl (C=O) groups excluding carboxylic acids is 1. The van der Waals surface area contributed by atoms with Gasteiger partial charge in [-0.2, -0.15) is 0 Å². The molecule has 2 N–H and O–H groups in total. The van der Waals surface area contributed by atoms with Crippen molar-refractivity contribution in [3.05, 3.63) is 83.6 Å². The van der Waals surface area contributed by atoms with Gasteiger partial charge < -0.3 is 10.6 Å². The number of unbranched alkanes of at least 4 members (excludes halogenated alkanes) is 2. The summed E-state index contributed by atoms with van der Waals surface area (Å²) in [5.74, 6) is 1.40. The Hall–Kier alpha value is -2.88. The van der Waals surface area contributed by atoms with Crippen LogP contribution in [-0.2, 0) is 11.3 Å². The molecular formula is C33H53N3O. The molecule has 0 unspecified atom stereocenters. The highest BCUT2D eigenvalue weighted by atomic mass is 16.1. The zero-order valence-corrected chi connectivity index (χ0v) is 24.8. The van der Waals surface area contributed by atoms with Crippen LogP contribution in [0.3, 0.4) is 0 Å². The Bertz CT molecular complexity index is 898. The predicted molar refractivity (Wildman–Crippen MR) is 164 cm³/mol. The Morgan fingerprint density at radius 3 is 2.16 bits per heavy atom. The topological polar surface area (TPSA) is 53.5 Å². The number of amidine groups is 1. The van der Waals surface area contributed by atoms with Crippen LogP contribution in [0.2, 0.25) is 0 Å². The van der Waals surface area contributed by atoms with Crippen molar-refractivity contribution in [1.29, 1.82) is 0 Å². The molecule has 0 radical (unpaired) electrons. The molecule has 0 aromatic heterocycles. The average molecular weight is 508 g/mol. The molecule has 0 aliphatic rings. The molecule has 1 rings (SSSR count). The third kappa shape index (κ3) is 15.1. The highest BCUT2D eigenvalue weighted by Gasteiger charge is 2.15.